The molecule has 1 aliphatic carbocycles. The third-order valence-electron chi connectivity index (χ3n) is 4.97. The summed E-state index contributed by atoms with van der Waals surface area (Å²) in [7, 11) is 0. The summed E-state index contributed by atoms with van der Waals surface area (Å²) in [6.45, 7) is 2.55. The molecule has 1 unspecified atom stereocenters. The Hall–Kier alpha value is -1.02. The first-order valence-corrected chi connectivity index (χ1v) is 7.92. The number of anilines is 1. The fraction of sp³-hybridized carbons (Fsp3) is 0.647. The second kappa shape index (κ2) is 5.96. The van der Waals surface area contributed by atoms with Crippen molar-refractivity contribution in [3.63, 3.8) is 0 Å². The van der Waals surface area contributed by atoms with Crippen LogP contribution in [0, 0.1) is 0 Å². The lowest BCUT2D eigenvalue weighted by molar-refractivity contribution is 0.218. The van der Waals surface area contributed by atoms with E-state index in [1.807, 2.05) is 12.1 Å². The second-order valence-corrected chi connectivity index (χ2v) is 6.29. The molecule has 2 fully saturated rings. The summed E-state index contributed by atoms with van der Waals surface area (Å²) in [6.07, 6.45) is 9.95. The Kier molecular flexibility index (Phi) is 4.07. The minimum atomic E-state index is 0.726. The van der Waals surface area contributed by atoms with Crippen molar-refractivity contribution in [2.24, 2.45) is 0 Å². The Morgan fingerprint density at radius 3 is 2.26 bits per heavy atom. The van der Waals surface area contributed by atoms with Crippen molar-refractivity contribution in [2.75, 3.05) is 18.8 Å². The van der Waals surface area contributed by atoms with E-state index in [2.05, 4.69) is 17.0 Å². The number of nitrogen functional groups attached to an aromatic ring is 1. The summed E-state index contributed by atoms with van der Waals surface area (Å²) in [5.41, 5.74) is 8.13. The molecule has 1 saturated carbocycles. The number of nitrogens with two attached hydrogens (primary N) is 1. The van der Waals surface area contributed by atoms with Gasteiger partial charge in [0.15, 0.2) is 0 Å². The first-order chi connectivity index (χ1) is 9.33. The van der Waals surface area contributed by atoms with Crippen LogP contribution in [0.4, 0.5) is 5.69 Å². The van der Waals surface area contributed by atoms with Crippen LogP contribution in [0.15, 0.2) is 24.3 Å². The zero-order chi connectivity index (χ0) is 13.1. The number of benzene rings is 1. The molecule has 1 aromatic carbocycles. The topological polar surface area (TPSA) is 29.3 Å². The van der Waals surface area contributed by atoms with Gasteiger partial charge in [0, 0.05) is 18.3 Å². The summed E-state index contributed by atoms with van der Waals surface area (Å²) in [5.74, 6) is 0.726. The second-order valence-electron chi connectivity index (χ2n) is 6.29. The van der Waals surface area contributed by atoms with Crippen molar-refractivity contribution in [2.45, 2.75) is 56.9 Å². The van der Waals surface area contributed by atoms with Crippen LogP contribution >= 0.6 is 0 Å². The van der Waals surface area contributed by atoms with Crippen molar-refractivity contribution < 1.29 is 0 Å². The molecular formula is C17H26N2. The summed E-state index contributed by atoms with van der Waals surface area (Å²) < 4.78 is 0. The molecular weight excluding hydrogens is 232 g/mol. The van der Waals surface area contributed by atoms with E-state index in [4.69, 9.17) is 5.73 Å². The van der Waals surface area contributed by atoms with Gasteiger partial charge in [-0.15, -0.1) is 0 Å². The molecule has 1 saturated heterocycles. The van der Waals surface area contributed by atoms with Crippen molar-refractivity contribution >= 4 is 5.69 Å². The molecule has 0 spiro atoms. The highest BCUT2D eigenvalue weighted by Crippen LogP contribution is 2.32. The molecule has 1 aromatic rings. The number of rotatable bonds is 2. The van der Waals surface area contributed by atoms with Gasteiger partial charge < -0.3 is 5.73 Å². The predicted molar refractivity (Wildman–Crippen MR) is 81.3 cm³/mol. The lowest BCUT2D eigenvalue weighted by Gasteiger charge is -2.26. The van der Waals surface area contributed by atoms with Gasteiger partial charge in [0.2, 0.25) is 0 Å². The molecule has 104 valence electrons. The fourth-order valence-corrected chi connectivity index (χ4v) is 3.78. The molecule has 3 rings (SSSR count). The van der Waals surface area contributed by atoms with Crippen molar-refractivity contribution in [3.8, 4) is 0 Å². The number of nitrogens with zero attached hydrogens (tertiary/aromatic N) is 1. The van der Waals surface area contributed by atoms with Crippen molar-refractivity contribution in [1.29, 1.82) is 0 Å². The van der Waals surface area contributed by atoms with Gasteiger partial charge in [0.1, 0.15) is 0 Å². The molecule has 19 heavy (non-hydrogen) atoms. The standard InChI is InChI=1S/C17H26N2/c18-16-9-7-14(8-10-16)15-11-12-19(13-15)17-5-3-1-2-4-6-17/h7-10,15,17H,1-6,11-13,18H2. The molecule has 2 N–H and O–H groups in total. The minimum absolute atomic E-state index is 0.726. The van der Waals surface area contributed by atoms with Crippen LogP contribution in [0.1, 0.15) is 56.4 Å². The van der Waals surface area contributed by atoms with Gasteiger partial charge in [-0.05, 0) is 49.4 Å². The maximum atomic E-state index is 5.78. The Morgan fingerprint density at radius 2 is 1.58 bits per heavy atom. The van der Waals surface area contributed by atoms with E-state index in [1.54, 1.807) is 0 Å². The Labute approximate surface area is 117 Å². The highest BCUT2D eigenvalue weighted by Gasteiger charge is 2.29. The zero-order valence-corrected chi connectivity index (χ0v) is 11.9. The molecule has 1 atom stereocenters. The van der Waals surface area contributed by atoms with E-state index < -0.39 is 0 Å². The molecule has 2 heteroatoms. The van der Waals surface area contributed by atoms with E-state index in [0.717, 1.165) is 17.6 Å². The highest BCUT2D eigenvalue weighted by atomic mass is 15.2. The van der Waals surface area contributed by atoms with E-state index >= 15 is 0 Å². The van der Waals surface area contributed by atoms with Gasteiger partial charge >= 0.3 is 0 Å². The monoisotopic (exact) mass is 258 g/mol. The average Bonchev–Trinajstić information content (AvgIpc) is 2.76. The van der Waals surface area contributed by atoms with Crippen LogP contribution in [0.5, 0.6) is 0 Å². The largest absolute Gasteiger partial charge is 0.399 e. The zero-order valence-electron chi connectivity index (χ0n) is 11.9. The quantitative estimate of drug-likeness (QED) is 0.646. The van der Waals surface area contributed by atoms with E-state index in [0.29, 0.717) is 0 Å². The first-order valence-electron chi connectivity index (χ1n) is 7.92. The summed E-state index contributed by atoms with van der Waals surface area (Å²) in [4.78, 5) is 2.76. The minimum Gasteiger partial charge on any atom is -0.399 e. The Bertz CT molecular complexity index is 390. The van der Waals surface area contributed by atoms with E-state index in [-0.39, 0.29) is 0 Å². The van der Waals surface area contributed by atoms with Crippen LogP contribution in [0.25, 0.3) is 0 Å². The molecule has 2 aliphatic rings. The normalized spacial score (nSPS) is 26.4. The van der Waals surface area contributed by atoms with Crippen molar-refractivity contribution in [3.05, 3.63) is 29.8 Å². The lowest BCUT2D eigenvalue weighted by atomic mass is 9.98. The third kappa shape index (κ3) is 3.11. The van der Waals surface area contributed by atoms with Crippen LogP contribution in [0.2, 0.25) is 0 Å². The number of hydrogen-bond acceptors (Lipinski definition) is 2. The molecule has 0 bridgehead atoms. The van der Waals surface area contributed by atoms with Crippen LogP contribution in [0.3, 0.4) is 0 Å². The van der Waals surface area contributed by atoms with E-state index in [9.17, 15) is 0 Å². The Morgan fingerprint density at radius 1 is 0.895 bits per heavy atom. The van der Waals surface area contributed by atoms with Gasteiger partial charge in [0.25, 0.3) is 0 Å². The maximum absolute atomic E-state index is 5.78. The van der Waals surface area contributed by atoms with Gasteiger partial charge in [0.05, 0.1) is 0 Å². The molecule has 0 aromatic heterocycles. The number of hydrogen-bond donors (Lipinski definition) is 1. The molecule has 1 heterocycles. The number of likely N-dealkylation sites (tertiary alicyclic amines) is 1. The molecule has 2 nitrogen and oxygen atoms in total. The van der Waals surface area contributed by atoms with E-state index in [1.165, 1.54) is 63.6 Å². The molecule has 0 amide bonds. The van der Waals surface area contributed by atoms with Gasteiger partial charge in [-0.2, -0.15) is 0 Å². The average molecular weight is 258 g/mol. The molecule has 1 aliphatic heterocycles. The fourth-order valence-electron chi connectivity index (χ4n) is 3.78. The Balaban J connectivity index is 1.61. The third-order valence-corrected chi connectivity index (χ3v) is 4.97. The summed E-state index contributed by atoms with van der Waals surface area (Å²) in [6, 6.07) is 9.39. The SMILES string of the molecule is Nc1ccc(C2CCN(C3CCCCCC3)C2)cc1. The van der Waals surface area contributed by atoms with Crippen LogP contribution in [-0.2, 0) is 0 Å². The van der Waals surface area contributed by atoms with Crippen LogP contribution < -0.4 is 5.73 Å². The molecule has 0 radical (unpaired) electrons. The first kappa shape index (κ1) is 13.0. The summed E-state index contributed by atoms with van der Waals surface area (Å²) >= 11 is 0. The maximum Gasteiger partial charge on any atom is 0.0314 e. The summed E-state index contributed by atoms with van der Waals surface area (Å²) in [5, 5.41) is 0. The van der Waals surface area contributed by atoms with Crippen molar-refractivity contribution in [1.82, 2.24) is 4.90 Å². The highest BCUT2D eigenvalue weighted by molar-refractivity contribution is 5.40. The predicted octanol–water partition coefficient (Wildman–Crippen LogP) is 3.78. The van der Waals surface area contributed by atoms with Gasteiger partial charge in [-0.3, -0.25) is 4.90 Å². The smallest absolute Gasteiger partial charge is 0.0314 e. The lowest BCUT2D eigenvalue weighted by Crippen LogP contribution is -2.32. The van der Waals surface area contributed by atoms with Gasteiger partial charge in [-0.1, -0.05) is 37.8 Å². The van der Waals surface area contributed by atoms with Crippen LogP contribution in [-0.4, -0.2) is 24.0 Å². The van der Waals surface area contributed by atoms with Gasteiger partial charge in [-0.25, -0.2) is 0 Å².